The summed E-state index contributed by atoms with van der Waals surface area (Å²) in [7, 11) is 1.41. The van der Waals surface area contributed by atoms with Crippen LogP contribution in [0.15, 0.2) is 97.1 Å². The first kappa shape index (κ1) is 32.0. The maximum Gasteiger partial charge on any atom is 0.275 e. The number of anilines is 1. The quantitative estimate of drug-likeness (QED) is 0.166. The number of carbonyl (C=O) groups excluding carboxylic acids is 3. The molecule has 14 heteroatoms. The molecule has 0 aliphatic carbocycles. The van der Waals surface area contributed by atoms with Crippen molar-refractivity contribution in [1.29, 1.82) is 0 Å². The summed E-state index contributed by atoms with van der Waals surface area (Å²) in [5, 5.41) is 30.6. The van der Waals surface area contributed by atoms with Crippen molar-refractivity contribution in [3.63, 3.8) is 0 Å². The number of H-pyrrole nitrogens is 1. The van der Waals surface area contributed by atoms with Crippen molar-refractivity contribution in [2.45, 2.75) is 24.6 Å². The van der Waals surface area contributed by atoms with Crippen molar-refractivity contribution in [2.24, 2.45) is 0 Å². The van der Waals surface area contributed by atoms with Gasteiger partial charge in [0.15, 0.2) is 6.10 Å². The van der Waals surface area contributed by atoms with E-state index in [2.05, 4.69) is 36.2 Å². The molecule has 48 heavy (non-hydrogen) atoms. The smallest absolute Gasteiger partial charge is 0.275 e. The summed E-state index contributed by atoms with van der Waals surface area (Å²) in [6.07, 6.45) is -1.56. The first-order valence-corrected chi connectivity index (χ1v) is 15.1. The lowest BCUT2D eigenvalue weighted by atomic mass is 10.00. The van der Waals surface area contributed by atoms with Crippen LogP contribution in [0.5, 0.6) is 5.75 Å². The Kier molecular flexibility index (Phi) is 9.74. The minimum Gasteiger partial charge on any atom is -0.497 e. The molecule has 1 aliphatic rings. The predicted molar refractivity (Wildman–Crippen MR) is 173 cm³/mol. The zero-order valence-corrected chi connectivity index (χ0v) is 25.8. The highest BCUT2D eigenvalue weighted by Crippen LogP contribution is 2.28. The van der Waals surface area contributed by atoms with E-state index in [0.29, 0.717) is 23.7 Å². The van der Waals surface area contributed by atoms with Crippen molar-refractivity contribution in [1.82, 2.24) is 35.8 Å². The number of hydrogen-bond donors (Lipinski definition) is 4. The molecule has 0 spiro atoms. The van der Waals surface area contributed by atoms with Crippen LogP contribution in [0.4, 0.5) is 5.69 Å². The highest BCUT2D eigenvalue weighted by Gasteiger charge is 2.34. The molecule has 14 nitrogen and oxygen atoms in total. The number of nitrogens with one attached hydrogen (secondary N) is 3. The molecule has 3 amide bonds. The van der Waals surface area contributed by atoms with E-state index in [-0.39, 0.29) is 36.3 Å². The first-order chi connectivity index (χ1) is 23.4. The molecule has 1 aliphatic heterocycles. The Morgan fingerprint density at radius 2 is 1.75 bits per heavy atom. The Morgan fingerprint density at radius 1 is 1.00 bits per heavy atom. The summed E-state index contributed by atoms with van der Waals surface area (Å²) in [5.41, 5.74) is 2.49. The average molecular weight is 649 g/mol. The predicted octanol–water partition coefficient (Wildman–Crippen LogP) is 2.78. The zero-order valence-electron chi connectivity index (χ0n) is 25.8. The van der Waals surface area contributed by atoms with Crippen LogP contribution in [-0.4, -0.2) is 85.9 Å². The van der Waals surface area contributed by atoms with Crippen LogP contribution in [-0.2, 0) is 16.0 Å². The second kappa shape index (κ2) is 14.6. The fourth-order valence-electron chi connectivity index (χ4n) is 5.36. The molecular weight excluding hydrogens is 616 g/mol. The van der Waals surface area contributed by atoms with Crippen molar-refractivity contribution in [3.8, 4) is 17.1 Å². The van der Waals surface area contributed by atoms with Crippen molar-refractivity contribution < 1.29 is 29.0 Å². The number of hydrogen-bond acceptors (Lipinski definition) is 10. The van der Waals surface area contributed by atoms with Gasteiger partial charge in [0, 0.05) is 23.4 Å². The third kappa shape index (κ3) is 7.35. The molecule has 3 heterocycles. The van der Waals surface area contributed by atoms with E-state index in [9.17, 15) is 19.5 Å². The molecule has 4 N–H and O–H groups in total. The van der Waals surface area contributed by atoms with Gasteiger partial charge < -0.3 is 30.1 Å². The van der Waals surface area contributed by atoms with E-state index in [1.54, 1.807) is 29.2 Å². The number of aliphatic hydroxyl groups is 1. The number of ether oxygens (including phenoxy) is 2. The largest absolute Gasteiger partial charge is 0.497 e. The minimum absolute atomic E-state index is 0.0229. The van der Waals surface area contributed by atoms with Crippen LogP contribution < -0.4 is 15.4 Å². The summed E-state index contributed by atoms with van der Waals surface area (Å²) in [6.45, 7) is 0.368. The van der Waals surface area contributed by atoms with Crippen molar-refractivity contribution in [2.75, 3.05) is 25.8 Å². The molecule has 3 atom stereocenters. The van der Waals surface area contributed by atoms with E-state index in [4.69, 9.17) is 9.47 Å². The van der Waals surface area contributed by atoms with Gasteiger partial charge >= 0.3 is 0 Å². The number of amides is 3. The van der Waals surface area contributed by atoms with Crippen LogP contribution in [0.25, 0.3) is 11.4 Å². The summed E-state index contributed by atoms with van der Waals surface area (Å²) >= 11 is 0. The number of benzene rings is 3. The lowest BCUT2D eigenvalue weighted by Gasteiger charge is -2.24. The van der Waals surface area contributed by atoms with Gasteiger partial charge in [0.2, 0.25) is 5.82 Å². The van der Waals surface area contributed by atoms with Crippen LogP contribution >= 0.6 is 0 Å². The zero-order chi connectivity index (χ0) is 33.5. The molecule has 3 aromatic carbocycles. The molecule has 1 fully saturated rings. The Bertz CT molecular complexity index is 1870. The lowest BCUT2D eigenvalue weighted by molar-refractivity contribution is -0.125. The third-order valence-corrected chi connectivity index (χ3v) is 7.81. The lowest BCUT2D eigenvalue weighted by Crippen LogP contribution is -2.50. The number of pyridine rings is 1. The van der Waals surface area contributed by atoms with Gasteiger partial charge in [0.05, 0.1) is 25.8 Å². The number of carbonyl (C=O) groups is 3. The first-order valence-electron chi connectivity index (χ1n) is 15.1. The van der Waals surface area contributed by atoms with E-state index >= 15 is 0 Å². The molecule has 6 rings (SSSR count). The Hall–Kier alpha value is -5.99. The summed E-state index contributed by atoms with van der Waals surface area (Å²) in [5.74, 6) is -1.35. The van der Waals surface area contributed by atoms with Crippen molar-refractivity contribution >= 4 is 23.4 Å². The van der Waals surface area contributed by atoms with Gasteiger partial charge in [0.1, 0.15) is 23.9 Å². The fraction of sp³-hybridized carbons (Fsp3) is 0.206. The van der Waals surface area contributed by atoms with Crippen LogP contribution in [0.2, 0.25) is 0 Å². The monoisotopic (exact) mass is 648 g/mol. The number of aliphatic hydroxyl groups excluding tert-OH is 1. The number of nitrogens with zero attached hydrogens (tertiary/aromatic N) is 5. The molecule has 2 aromatic heterocycles. The molecular formula is C34H32N8O6. The second-order valence-corrected chi connectivity index (χ2v) is 11.0. The number of rotatable bonds is 11. The number of methoxy groups -OCH3 is 1. The summed E-state index contributed by atoms with van der Waals surface area (Å²) in [4.78, 5) is 46.7. The van der Waals surface area contributed by atoms with Gasteiger partial charge in [-0.15, -0.1) is 10.2 Å². The van der Waals surface area contributed by atoms with E-state index in [0.717, 1.165) is 11.1 Å². The molecule has 244 valence electrons. The molecule has 5 aromatic rings. The fourth-order valence-corrected chi connectivity index (χ4v) is 5.36. The Balaban J connectivity index is 1.23. The number of aromatic amines is 1. The van der Waals surface area contributed by atoms with Crippen LogP contribution in [0.1, 0.15) is 38.1 Å². The van der Waals surface area contributed by atoms with Crippen LogP contribution in [0.3, 0.4) is 0 Å². The molecule has 0 saturated carbocycles. The topological polar surface area (TPSA) is 185 Å². The van der Waals surface area contributed by atoms with Crippen LogP contribution in [0, 0.1) is 0 Å². The molecule has 0 unspecified atom stereocenters. The van der Waals surface area contributed by atoms with E-state index in [1.807, 2.05) is 60.7 Å². The minimum atomic E-state index is -1.68. The summed E-state index contributed by atoms with van der Waals surface area (Å²) in [6, 6.07) is 26.7. The highest BCUT2D eigenvalue weighted by atomic mass is 16.5. The van der Waals surface area contributed by atoms with Gasteiger partial charge in [-0.1, -0.05) is 72.8 Å². The second-order valence-electron chi connectivity index (χ2n) is 11.0. The third-order valence-electron chi connectivity index (χ3n) is 7.81. The molecule has 0 radical (unpaired) electrons. The van der Waals surface area contributed by atoms with Gasteiger partial charge in [0.25, 0.3) is 17.7 Å². The Morgan fingerprint density at radius 3 is 2.48 bits per heavy atom. The van der Waals surface area contributed by atoms with Gasteiger partial charge in [-0.25, -0.2) is 4.98 Å². The number of aromatic nitrogens is 5. The number of tetrazole rings is 1. The van der Waals surface area contributed by atoms with E-state index in [1.165, 1.54) is 19.2 Å². The van der Waals surface area contributed by atoms with Crippen molar-refractivity contribution in [3.05, 3.63) is 120 Å². The SMILES string of the molecule is COc1cc(C(=O)N[C@@H](Cc2ccccc2)[C@H](O)C(=O)Nc2cccc(-c3nn[nH]n3)c2)nc(C(=O)N2COC[C@@H]2c2ccccc2)c1. The maximum atomic E-state index is 13.7. The normalized spacial score (nSPS) is 15.4. The molecule has 0 bridgehead atoms. The van der Waals surface area contributed by atoms with E-state index < -0.39 is 29.9 Å². The standard InChI is InChI=1S/C34H32N8O6/c1-47-25-17-27(36-28(18-25)34(46)42-20-48-19-29(42)22-11-6-3-7-12-22)32(44)37-26(15-21-9-4-2-5-10-21)30(43)33(45)35-24-14-8-13-23(16-24)31-38-40-41-39-31/h2-14,16-18,26,29-30,43H,15,19-20H2,1H3,(H,35,45)(H,37,44)(H,38,39,40,41)/t26-,29+,30-/m0/s1. The van der Waals surface area contributed by atoms with Gasteiger partial charge in [-0.05, 0) is 34.9 Å². The van der Waals surface area contributed by atoms with Gasteiger partial charge in [-0.2, -0.15) is 5.21 Å². The Labute approximate surface area is 275 Å². The molecule has 1 saturated heterocycles. The van der Waals surface area contributed by atoms with Gasteiger partial charge in [-0.3, -0.25) is 14.4 Å². The maximum absolute atomic E-state index is 13.7. The highest BCUT2D eigenvalue weighted by molar-refractivity contribution is 5.99. The average Bonchev–Trinajstić information content (AvgIpc) is 3.85. The summed E-state index contributed by atoms with van der Waals surface area (Å²) < 4.78 is 11.0.